The first-order chi connectivity index (χ1) is 14.5. The molecule has 2 aliphatic rings. The van der Waals surface area contributed by atoms with Crippen molar-refractivity contribution < 1.29 is 24.2 Å². The Bertz CT molecular complexity index is 938. The number of carbonyl (C=O) groups is 3. The molecule has 2 N–H and O–H groups in total. The number of ether oxygens (including phenoxy) is 1. The number of carboxylic acids is 1. The third kappa shape index (κ3) is 3.75. The number of carboxylic acid groups (broad SMARTS) is 1. The van der Waals surface area contributed by atoms with Crippen LogP contribution in [0.2, 0.25) is 0 Å². The van der Waals surface area contributed by atoms with E-state index in [0.29, 0.717) is 0 Å². The molecule has 1 saturated heterocycles. The fourth-order valence-electron chi connectivity index (χ4n) is 4.10. The van der Waals surface area contributed by atoms with Gasteiger partial charge in [-0.2, -0.15) is 0 Å². The van der Waals surface area contributed by atoms with Gasteiger partial charge < -0.3 is 20.1 Å². The molecule has 0 radical (unpaired) electrons. The number of amides is 2. The highest BCUT2D eigenvalue weighted by Gasteiger charge is 2.37. The van der Waals surface area contributed by atoms with Crippen molar-refractivity contribution >= 4 is 18.0 Å². The van der Waals surface area contributed by atoms with E-state index < -0.39 is 23.9 Å². The highest BCUT2D eigenvalue weighted by molar-refractivity contribution is 5.83. The summed E-state index contributed by atoms with van der Waals surface area (Å²) in [6.07, 6.45) is -0.566. The normalized spacial score (nSPS) is 16.2. The molecule has 0 saturated carbocycles. The zero-order valence-electron chi connectivity index (χ0n) is 16.7. The first-order valence-electron chi connectivity index (χ1n) is 10.1. The number of aliphatic carboxylic acids is 1. The van der Waals surface area contributed by atoms with Crippen LogP contribution in [0.5, 0.6) is 0 Å². The van der Waals surface area contributed by atoms with Crippen LogP contribution in [0.1, 0.15) is 24.0 Å². The standard InChI is InChI=1S/C23H24N2O5/c1-14(21(26)25-11-15(12-25)22(27)28)10-24-23(29)30-13-20-18-8-4-2-6-16(18)17-7-3-5-9-19(17)20/h2-9,14-15,20H,10-13H2,1H3,(H,24,29)(H,27,28). The summed E-state index contributed by atoms with van der Waals surface area (Å²) in [5.41, 5.74) is 4.60. The van der Waals surface area contributed by atoms with E-state index >= 15 is 0 Å². The van der Waals surface area contributed by atoms with Gasteiger partial charge >= 0.3 is 12.1 Å². The molecule has 1 fully saturated rings. The Balaban J connectivity index is 1.28. The third-order valence-corrected chi connectivity index (χ3v) is 5.86. The molecular formula is C23H24N2O5. The molecule has 1 atom stereocenters. The average molecular weight is 408 g/mol. The van der Waals surface area contributed by atoms with Crippen molar-refractivity contribution in [3.05, 3.63) is 59.7 Å². The monoisotopic (exact) mass is 408 g/mol. The highest BCUT2D eigenvalue weighted by atomic mass is 16.5. The summed E-state index contributed by atoms with van der Waals surface area (Å²) in [4.78, 5) is 36.9. The van der Waals surface area contributed by atoms with E-state index in [2.05, 4.69) is 29.6 Å². The summed E-state index contributed by atoms with van der Waals surface area (Å²) >= 11 is 0. The van der Waals surface area contributed by atoms with E-state index in [-0.39, 0.29) is 38.1 Å². The van der Waals surface area contributed by atoms with Gasteiger partial charge in [-0.25, -0.2) is 4.79 Å². The number of alkyl carbamates (subject to hydrolysis) is 1. The van der Waals surface area contributed by atoms with Crippen molar-refractivity contribution in [1.29, 1.82) is 0 Å². The van der Waals surface area contributed by atoms with Crippen LogP contribution in [0, 0.1) is 11.8 Å². The number of likely N-dealkylation sites (tertiary alicyclic amines) is 1. The second kappa shape index (κ2) is 8.18. The molecule has 0 spiro atoms. The lowest BCUT2D eigenvalue weighted by Crippen LogP contribution is -2.55. The predicted octanol–water partition coefficient (Wildman–Crippen LogP) is 2.70. The Labute approximate surface area is 174 Å². The van der Waals surface area contributed by atoms with Crippen LogP contribution >= 0.6 is 0 Å². The molecule has 1 aliphatic heterocycles. The van der Waals surface area contributed by atoms with Crippen LogP contribution in [-0.4, -0.2) is 54.2 Å². The fraction of sp³-hybridized carbons (Fsp3) is 0.348. The molecule has 156 valence electrons. The van der Waals surface area contributed by atoms with Gasteiger partial charge in [-0.1, -0.05) is 55.5 Å². The lowest BCUT2D eigenvalue weighted by molar-refractivity contribution is -0.154. The summed E-state index contributed by atoms with van der Waals surface area (Å²) in [7, 11) is 0. The molecule has 1 heterocycles. The molecule has 2 aromatic rings. The lowest BCUT2D eigenvalue weighted by atomic mass is 9.98. The zero-order chi connectivity index (χ0) is 21.3. The fourth-order valence-corrected chi connectivity index (χ4v) is 4.10. The Kier molecular flexibility index (Phi) is 5.44. The maximum Gasteiger partial charge on any atom is 0.407 e. The topological polar surface area (TPSA) is 95.9 Å². The average Bonchev–Trinajstić information content (AvgIpc) is 3.03. The predicted molar refractivity (Wildman–Crippen MR) is 110 cm³/mol. The number of nitrogens with zero attached hydrogens (tertiary/aromatic N) is 1. The second-order valence-corrected chi connectivity index (χ2v) is 7.89. The minimum absolute atomic E-state index is 0.0174. The summed E-state index contributed by atoms with van der Waals surface area (Å²) in [6.45, 7) is 2.52. The molecule has 0 bridgehead atoms. The van der Waals surface area contributed by atoms with Crippen LogP contribution in [0.25, 0.3) is 11.1 Å². The van der Waals surface area contributed by atoms with Crippen LogP contribution in [0.3, 0.4) is 0 Å². The van der Waals surface area contributed by atoms with Gasteiger partial charge in [0.1, 0.15) is 6.61 Å². The molecule has 30 heavy (non-hydrogen) atoms. The van der Waals surface area contributed by atoms with Crippen LogP contribution in [0.4, 0.5) is 4.79 Å². The number of hydrogen-bond acceptors (Lipinski definition) is 4. The van der Waals surface area contributed by atoms with Crippen molar-refractivity contribution in [3.63, 3.8) is 0 Å². The van der Waals surface area contributed by atoms with Gasteiger partial charge in [0.15, 0.2) is 0 Å². The molecule has 1 aliphatic carbocycles. The van der Waals surface area contributed by atoms with Gasteiger partial charge in [0.2, 0.25) is 5.91 Å². The highest BCUT2D eigenvalue weighted by Crippen LogP contribution is 2.44. The Hall–Kier alpha value is -3.35. The van der Waals surface area contributed by atoms with Crippen molar-refractivity contribution in [1.82, 2.24) is 10.2 Å². The SMILES string of the molecule is CC(CNC(=O)OCC1c2ccccc2-c2ccccc21)C(=O)N1CC(C(=O)O)C1. The van der Waals surface area contributed by atoms with Crippen molar-refractivity contribution in [2.24, 2.45) is 11.8 Å². The molecule has 7 heteroatoms. The van der Waals surface area contributed by atoms with Gasteiger partial charge in [-0.15, -0.1) is 0 Å². The van der Waals surface area contributed by atoms with Gasteiger partial charge in [-0.05, 0) is 22.3 Å². The van der Waals surface area contributed by atoms with Crippen LogP contribution in [-0.2, 0) is 14.3 Å². The number of nitrogens with one attached hydrogen (secondary N) is 1. The maximum absolute atomic E-state index is 12.3. The van der Waals surface area contributed by atoms with Crippen molar-refractivity contribution in [2.45, 2.75) is 12.8 Å². The number of benzene rings is 2. The third-order valence-electron chi connectivity index (χ3n) is 5.86. The molecule has 2 amide bonds. The van der Waals surface area contributed by atoms with Gasteiger partial charge in [0.25, 0.3) is 0 Å². The Morgan fingerprint density at radius 3 is 2.20 bits per heavy atom. The quantitative estimate of drug-likeness (QED) is 0.766. The molecule has 0 aromatic heterocycles. The Morgan fingerprint density at radius 2 is 1.63 bits per heavy atom. The van der Waals surface area contributed by atoms with E-state index in [1.807, 2.05) is 24.3 Å². The summed E-state index contributed by atoms with van der Waals surface area (Å²) in [5, 5.41) is 11.6. The zero-order valence-corrected chi connectivity index (χ0v) is 16.7. The number of hydrogen-bond donors (Lipinski definition) is 2. The molecule has 1 unspecified atom stereocenters. The maximum atomic E-state index is 12.3. The first kappa shape index (κ1) is 19.9. The molecule has 2 aromatic carbocycles. The van der Waals surface area contributed by atoms with Gasteiger partial charge in [-0.3, -0.25) is 9.59 Å². The molecule has 4 rings (SSSR count). The van der Waals surface area contributed by atoms with E-state index in [4.69, 9.17) is 9.84 Å². The summed E-state index contributed by atoms with van der Waals surface area (Å²) < 4.78 is 5.47. The van der Waals surface area contributed by atoms with E-state index in [9.17, 15) is 14.4 Å². The number of carbonyl (C=O) groups excluding carboxylic acids is 2. The van der Waals surface area contributed by atoms with Gasteiger partial charge in [0, 0.05) is 25.6 Å². The minimum Gasteiger partial charge on any atom is -0.481 e. The van der Waals surface area contributed by atoms with E-state index in [1.165, 1.54) is 4.90 Å². The van der Waals surface area contributed by atoms with E-state index in [1.54, 1.807) is 6.92 Å². The smallest absolute Gasteiger partial charge is 0.407 e. The van der Waals surface area contributed by atoms with E-state index in [0.717, 1.165) is 22.3 Å². The minimum atomic E-state index is -0.886. The van der Waals surface area contributed by atoms with Crippen molar-refractivity contribution in [2.75, 3.05) is 26.2 Å². The van der Waals surface area contributed by atoms with Crippen LogP contribution < -0.4 is 5.32 Å². The van der Waals surface area contributed by atoms with Crippen LogP contribution in [0.15, 0.2) is 48.5 Å². The van der Waals surface area contributed by atoms with Gasteiger partial charge in [0.05, 0.1) is 11.8 Å². The molecular weight excluding hydrogens is 384 g/mol. The van der Waals surface area contributed by atoms with Crippen molar-refractivity contribution in [3.8, 4) is 11.1 Å². The summed E-state index contributed by atoms with van der Waals surface area (Å²) in [5.74, 6) is -2.00. The molecule has 7 nitrogen and oxygen atoms in total. The Morgan fingerprint density at radius 1 is 1.07 bits per heavy atom. The number of fused-ring (bicyclic) bond motifs is 3. The largest absolute Gasteiger partial charge is 0.481 e. The first-order valence-corrected chi connectivity index (χ1v) is 10.1. The number of rotatable bonds is 6. The lowest BCUT2D eigenvalue weighted by Gasteiger charge is -2.38. The second-order valence-electron chi connectivity index (χ2n) is 7.89. The summed E-state index contributed by atoms with van der Waals surface area (Å²) in [6, 6.07) is 16.2.